The molecule has 0 aliphatic rings. The first kappa shape index (κ1) is 25.8. The van der Waals surface area contributed by atoms with E-state index >= 15 is 0 Å². The van der Waals surface area contributed by atoms with Gasteiger partial charge in [-0.25, -0.2) is 9.97 Å². The third-order valence-electron chi connectivity index (χ3n) is 4.52. The van der Waals surface area contributed by atoms with Gasteiger partial charge in [-0.1, -0.05) is 37.8 Å². The van der Waals surface area contributed by atoms with E-state index in [9.17, 15) is 0 Å². The predicted molar refractivity (Wildman–Crippen MR) is 126 cm³/mol. The lowest BCUT2D eigenvalue weighted by Gasteiger charge is -2.10. The molecule has 2 rings (SSSR count). The minimum Gasteiger partial charge on any atom is -0.379 e. The van der Waals surface area contributed by atoms with Gasteiger partial charge in [-0.15, -0.1) is 0 Å². The molecular formula is C26H34N2O4. The number of benzene rings is 1. The summed E-state index contributed by atoms with van der Waals surface area (Å²) in [5.74, 6) is 12.6. The molecule has 0 N–H and O–H groups in total. The second-order valence-electron chi connectivity index (χ2n) is 6.88. The zero-order chi connectivity index (χ0) is 23.0. The highest BCUT2D eigenvalue weighted by molar-refractivity contribution is 5.75. The topological polar surface area (TPSA) is 62.7 Å². The van der Waals surface area contributed by atoms with Crippen molar-refractivity contribution in [1.82, 2.24) is 9.97 Å². The van der Waals surface area contributed by atoms with Crippen molar-refractivity contribution in [3.63, 3.8) is 0 Å². The van der Waals surface area contributed by atoms with Crippen molar-refractivity contribution in [2.24, 2.45) is 0 Å². The van der Waals surface area contributed by atoms with Crippen LogP contribution >= 0.6 is 0 Å². The Balaban J connectivity index is 2.24. The fourth-order valence-corrected chi connectivity index (χ4v) is 2.78. The zero-order valence-electron chi connectivity index (χ0n) is 19.6. The Labute approximate surface area is 192 Å². The van der Waals surface area contributed by atoms with E-state index in [1.165, 1.54) is 0 Å². The van der Waals surface area contributed by atoms with E-state index in [4.69, 9.17) is 28.9 Å². The normalized spacial score (nSPS) is 12.5. The van der Waals surface area contributed by atoms with Gasteiger partial charge < -0.3 is 18.9 Å². The summed E-state index contributed by atoms with van der Waals surface area (Å²) in [6.45, 7) is 11.5. The molecule has 0 saturated carbocycles. The first-order valence-corrected chi connectivity index (χ1v) is 11.4. The van der Waals surface area contributed by atoms with E-state index in [1.54, 1.807) is 0 Å². The van der Waals surface area contributed by atoms with Crippen LogP contribution in [-0.4, -0.2) is 61.8 Å². The van der Waals surface area contributed by atoms with E-state index in [1.807, 2.05) is 52.0 Å². The number of fused-ring (bicyclic) bond motifs is 1. The average Bonchev–Trinajstić information content (AvgIpc) is 2.83. The Bertz CT molecular complexity index is 863. The molecule has 0 amide bonds. The molecule has 2 aromatic rings. The second-order valence-corrected chi connectivity index (χ2v) is 6.88. The summed E-state index contributed by atoms with van der Waals surface area (Å²) in [5.41, 5.74) is 2.67. The molecule has 0 unspecified atom stereocenters. The predicted octanol–water partition coefficient (Wildman–Crippen LogP) is 4.00. The number of nitrogens with zero attached hydrogens (tertiary/aromatic N) is 2. The first-order valence-electron chi connectivity index (χ1n) is 11.4. The molecule has 0 fully saturated rings. The van der Waals surface area contributed by atoms with Crippen molar-refractivity contribution in [3.8, 4) is 23.7 Å². The van der Waals surface area contributed by atoms with E-state index in [2.05, 4.69) is 23.7 Å². The molecule has 0 bridgehead atoms. The highest BCUT2D eigenvalue weighted by Crippen LogP contribution is 2.12. The van der Waals surface area contributed by atoms with Crippen LogP contribution in [0.1, 0.15) is 51.9 Å². The molecule has 0 saturated heterocycles. The summed E-state index contributed by atoms with van der Waals surface area (Å²) >= 11 is 0. The van der Waals surface area contributed by atoms with Gasteiger partial charge in [-0.05, 0) is 50.7 Å². The van der Waals surface area contributed by atoms with Crippen LogP contribution in [0.2, 0.25) is 0 Å². The van der Waals surface area contributed by atoms with Crippen molar-refractivity contribution >= 4 is 11.0 Å². The monoisotopic (exact) mass is 438 g/mol. The molecule has 2 atom stereocenters. The Morgan fingerprint density at radius 1 is 0.688 bits per heavy atom. The summed E-state index contributed by atoms with van der Waals surface area (Å²) in [6.07, 6.45) is 1.14. The van der Waals surface area contributed by atoms with Crippen LogP contribution in [0.4, 0.5) is 0 Å². The van der Waals surface area contributed by atoms with Crippen LogP contribution in [0.25, 0.3) is 11.0 Å². The van der Waals surface area contributed by atoms with Gasteiger partial charge >= 0.3 is 0 Å². The third-order valence-corrected chi connectivity index (χ3v) is 4.52. The number of rotatable bonds is 12. The van der Waals surface area contributed by atoms with E-state index < -0.39 is 0 Å². The molecule has 1 aromatic carbocycles. The second kappa shape index (κ2) is 15.3. The number of hydrogen-bond donors (Lipinski definition) is 0. The summed E-state index contributed by atoms with van der Waals surface area (Å²) < 4.78 is 22.3. The fraction of sp³-hybridized carbons (Fsp3) is 0.538. The Kier molecular flexibility index (Phi) is 12.4. The molecule has 32 heavy (non-hydrogen) atoms. The van der Waals surface area contributed by atoms with Crippen LogP contribution < -0.4 is 0 Å². The average molecular weight is 439 g/mol. The molecule has 6 heteroatoms. The summed E-state index contributed by atoms with van der Waals surface area (Å²) in [6, 6.07) is 7.72. The maximum Gasteiger partial charge on any atom is 0.148 e. The summed E-state index contributed by atoms with van der Waals surface area (Å²) in [7, 11) is 0. The van der Waals surface area contributed by atoms with E-state index in [0.717, 1.165) is 23.9 Å². The first-order chi connectivity index (χ1) is 15.7. The lowest BCUT2D eigenvalue weighted by molar-refractivity contribution is 0.0292. The molecule has 0 radical (unpaired) electrons. The molecule has 6 nitrogen and oxygen atoms in total. The minimum atomic E-state index is -0.199. The lowest BCUT2D eigenvalue weighted by Crippen LogP contribution is -2.14. The number of hydrogen-bond acceptors (Lipinski definition) is 6. The van der Waals surface area contributed by atoms with Crippen LogP contribution in [0, 0.1) is 23.7 Å². The van der Waals surface area contributed by atoms with Crippen molar-refractivity contribution in [2.75, 3.05) is 39.6 Å². The van der Waals surface area contributed by atoms with Crippen molar-refractivity contribution in [1.29, 1.82) is 0 Å². The number of para-hydroxylation sites is 2. The molecule has 1 aromatic heterocycles. The van der Waals surface area contributed by atoms with Gasteiger partial charge in [0, 0.05) is 13.2 Å². The van der Waals surface area contributed by atoms with Gasteiger partial charge in [0.2, 0.25) is 0 Å². The van der Waals surface area contributed by atoms with E-state index in [-0.39, 0.29) is 12.2 Å². The standard InChI is InChI=1S/C26H34N2O4/c1-5-21(31-19-17-29-7-3)13-15-25-26(28-24-12-10-9-11-23(24)27-25)16-14-22(6-2)32-20-18-30-8-4/h9-12,21-22H,5-8,17-20H2,1-4H3/t21-,22+. The van der Waals surface area contributed by atoms with Crippen LogP contribution in [0.15, 0.2) is 24.3 Å². The Morgan fingerprint density at radius 3 is 1.50 bits per heavy atom. The van der Waals surface area contributed by atoms with Gasteiger partial charge in [0.15, 0.2) is 0 Å². The fourth-order valence-electron chi connectivity index (χ4n) is 2.78. The molecule has 0 spiro atoms. The molecule has 0 aliphatic heterocycles. The van der Waals surface area contributed by atoms with Gasteiger partial charge in [-0.3, -0.25) is 0 Å². The van der Waals surface area contributed by atoms with Crippen molar-refractivity contribution in [3.05, 3.63) is 35.7 Å². The zero-order valence-corrected chi connectivity index (χ0v) is 19.6. The lowest BCUT2D eigenvalue weighted by atomic mass is 10.2. The van der Waals surface area contributed by atoms with Crippen LogP contribution in [0.5, 0.6) is 0 Å². The minimum absolute atomic E-state index is 0.199. The summed E-state index contributed by atoms with van der Waals surface area (Å²) in [4.78, 5) is 9.40. The molecule has 1 heterocycles. The third kappa shape index (κ3) is 8.94. The molecule has 172 valence electrons. The largest absolute Gasteiger partial charge is 0.379 e. The van der Waals surface area contributed by atoms with E-state index in [0.29, 0.717) is 51.0 Å². The summed E-state index contributed by atoms with van der Waals surface area (Å²) in [5, 5.41) is 0. The van der Waals surface area contributed by atoms with Crippen molar-refractivity contribution < 1.29 is 18.9 Å². The van der Waals surface area contributed by atoms with Gasteiger partial charge in [0.1, 0.15) is 23.6 Å². The van der Waals surface area contributed by atoms with Crippen molar-refractivity contribution in [2.45, 2.75) is 52.7 Å². The molecular weight excluding hydrogens is 404 g/mol. The molecule has 0 aliphatic carbocycles. The van der Waals surface area contributed by atoms with Crippen LogP contribution in [-0.2, 0) is 18.9 Å². The Morgan fingerprint density at radius 2 is 1.12 bits per heavy atom. The maximum absolute atomic E-state index is 5.81. The maximum atomic E-state index is 5.81. The van der Waals surface area contributed by atoms with Gasteiger partial charge in [-0.2, -0.15) is 0 Å². The SMILES string of the molecule is CCOCCO[C@H](C#Cc1nc2ccccc2nc1C#C[C@@H](CC)OCCOCC)CC. The highest BCUT2D eigenvalue weighted by atomic mass is 16.5. The highest BCUT2D eigenvalue weighted by Gasteiger charge is 2.08. The van der Waals surface area contributed by atoms with Gasteiger partial charge in [0.25, 0.3) is 0 Å². The van der Waals surface area contributed by atoms with Crippen LogP contribution in [0.3, 0.4) is 0 Å². The quantitative estimate of drug-likeness (QED) is 0.369. The number of aromatic nitrogens is 2. The Hall–Kier alpha value is -2.48. The number of ether oxygens (including phenoxy) is 4. The smallest absolute Gasteiger partial charge is 0.148 e. The van der Waals surface area contributed by atoms with Gasteiger partial charge in [0.05, 0.1) is 37.5 Å².